The number of nitrogens with one attached hydrogen (secondary N) is 1. The number of allylic oxidation sites excluding steroid dienone is 1. The zero-order chi connectivity index (χ0) is 14.4. The molecule has 2 rings (SSSR count). The van der Waals surface area contributed by atoms with Crippen molar-refractivity contribution in [1.29, 1.82) is 0 Å². The standard InChI is InChI=1S/C17H19NO2/c1-2-3-8-17(20)18-12-16(19)15-10-9-13-6-4-5-7-14(13)11-15/h2,4-7,9-11,16,19H,1,3,8,12H2,(H,18,20). The molecule has 0 aliphatic heterocycles. The predicted octanol–water partition coefficient (Wildman–Crippen LogP) is 2.96. The second kappa shape index (κ2) is 6.87. The Morgan fingerprint density at radius 2 is 2.00 bits per heavy atom. The van der Waals surface area contributed by atoms with E-state index in [1.165, 1.54) is 0 Å². The SMILES string of the molecule is C=CCCC(=O)NCC(O)c1ccc2ccccc2c1. The van der Waals surface area contributed by atoms with Crippen molar-refractivity contribution < 1.29 is 9.90 Å². The van der Waals surface area contributed by atoms with Crippen molar-refractivity contribution in [3.05, 3.63) is 60.7 Å². The van der Waals surface area contributed by atoms with Gasteiger partial charge in [0.25, 0.3) is 0 Å². The van der Waals surface area contributed by atoms with E-state index in [0.29, 0.717) is 12.8 Å². The summed E-state index contributed by atoms with van der Waals surface area (Å²) in [5.41, 5.74) is 0.813. The fourth-order valence-electron chi connectivity index (χ4n) is 2.06. The van der Waals surface area contributed by atoms with Gasteiger partial charge in [-0.3, -0.25) is 4.79 Å². The van der Waals surface area contributed by atoms with Crippen LogP contribution in [0.4, 0.5) is 0 Å². The third-order valence-electron chi connectivity index (χ3n) is 3.23. The molecule has 3 heteroatoms. The summed E-state index contributed by atoms with van der Waals surface area (Å²) in [7, 11) is 0. The van der Waals surface area contributed by atoms with Gasteiger partial charge in [0.05, 0.1) is 6.10 Å². The van der Waals surface area contributed by atoms with Crippen LogP contribution in [-0.4, -0.2) is 17.6 Å². The summed E-state index contributed by atoms with van der Waals surface area (Å²) < 4.78 is 0. The van der Waals surface area contributed by atoms with Gasteiger partial charge < -0.3 is 10.4 Å². The monoisotopic (exact) mass is 269 g/mol. The van der Waals surface area contributed by atoms with Gasteiger partial charge in [0.2, 0.25) is 5.91 Å². The normalized spacial score (nSPS) is 12.1. The molecule has 1 atom stereocenters. The molecule has 0 aromatic heterocycles. The lowest BCUT2D eigenvalue weighted by Gasteiger charge is -2.13. The molecule has 1 amide bonds. The van der Waals surface area contributed by atoms with Crippen molar-refractivity contribution >= 4 is 16.7 Å². The van der Waals surface area contributed by atoms with Crippen LogP contribution in [0.5, 0.6) is 0 Å². The zero-order valence-corrected chi connectivity index (χ0v) is 11.4. The first kappa shape index (κ1) is 14.3. The lowest BCUT2D eigenvalue weighted by Crippen LogP contribution is -2.27. The minimum atomic E-state index is -0.688. The summed E-state index contributed by atoms with van der Waals surface area (Å²) in [6, 6.07) is 13.8. The lowest BCUT2D eigenvalue weighted by molar-refractivity contribution is -0.121. The van der Waals surface area contributed by atoms with Crippen LogP contribution in [0.15, 0.2) is 55.1 Å². The molecule has 0 bridgehead atoms. The highest BCUT2D eigenvalue weighted by molar-refractivity contribution is 5.83. The topological polar surface area (TPSA) is 49.3 Å². The second-order valence-electron chi connectivity index (χ2n) is 4.75. The number of fused-ring (bicyclic) bond motifs is 1. The van der Waals surface area contributed by atoms with Gasteiger partial charge in [-0.25, -0.2) is 0 Å². The highest BCUT2D eigenvalue weighted by atomic mass is 16.3. The van der Waals surface area contributed by atoms with Gasteiger partial charge in [0.1, 0.15) is 0 Å². The van der Waals surface area contributed by atoms with Crippen molar-refractivity contribution in [3.63, 3.8) is 0 Å². The second-order valence-corrected chi connectivity index (χ2v) is 4.75. The van der Waals surface area contributed by atoms with Crippen LogP contribution in [0, 0.1) is 0 Å². The molecule has 0 aliphatic carbocycles. The van der Waals surface area contributed by atoms with E-state index in [0.717, 1.165) is 16.3 Å². The Labute approximate surface area is 118 Å². The number of hydrogen-bond donors (Lipinski definition) is 2. The summed E-state index contributed by atoms with van der Waals surface area (Å²) in [5.74, 6) is -0.0651. The van der Waals surface area contributed by atoms with E-state index in [4.69, 9.17) is 0 Å². The van der Waals surface area contributed by atoms with Crippen LogP contribution in [0.3, 0.4) is 0 Å². The Bertz CT molecular complexity index is 607. The first-order valence-electron chi connectivity index (χ1n) is 6.75. The van der Waals surface area contributed by atoms with E-state index in [1.54, 1.807) is 6.08 Å². The van der Waals surface area contributed by atoms with Gasteiger partial charge >= 0.3 is 0 Å². The van der Waals surface area contributed by atoms with Gasteiger partial charge in [0.15, 0.2) is 0 Å². The highest BCUT2D eigenvalue weighted by Gasteiger charge is 2.09. The van der Waals surface area contributed by atoms with Crippen LogP contribution in [-0.2, 0) is 4.79 Å². The van der Waals surface area contributed by atoms with Gasteiger partial charge in [-0.1, -0.05) is 42.5 Å². The molecular formula is C17H19NO2. The molecule has 2 N–H and O–H groups in total. The minimum Gasteiger partial charge on any atom is -0.387 e. The van der Waals surface area contributed by atoms with Crippen LogP contribution in [0.25, 0.3) is 10.8 Å². The molecule has 0 spiro atoms. The summed E-state index contributed by atoms with van der Waals surface area (Å²) in [6.07, 6.45) is 2.08. The maximum atomic E-state index is 11.5. The molecule has 20 heavy (non-hydrogen) atoms. The van der Waals surface area contributed by atoms with Crippen LogP contribution < -0.4 is 5.32 Å². The maximum Gasteiger partial charge on any atom is 0.220 e. The van der Waals surface area contributed by atoms with E-state index in [2.05, 4.69) is 11.9 Å². The van der Waals surface area contributed by atoms with Crippen molar-refractivity contribution in [1.82, 2.24) is 5.32 Å². The Morgan fingerprint density at radius 1 is 1.25 bits per heavy atom. The third kappa shape index (κ3) is 3.68. The van der Waals surface area contributed by atoms with Crippen LogP contribution in [0.1, 0.15) is 24.5 Å². The average molecular weight is 269 g/mol. The summed E-state index contributed by atoms with van der Waals surface area (Å²) in [6.45, 7) is 3.81. The molecule has 0 saturated carbocycles. The molecule has 0 saturated heterocycles. The van der Waals surface area contributed by atoms with Crippen molar-refractivity contribution in [2.45, 2.75) is 18.9 Å². The predicted molar refractivity (Wildman–Crippen MR) is 81.3 cm³/mol. The van der Waals surface area contributed by atoms with Gasteiger partial charge in [-0.05, 0) is 28.8 Å². The zero-order valence-electron chi connectivity index (χ0n) is 11.4. The van der Waals surface area contributed by atoms with E-state index >= 15 is 0 Å². The number of amides is 1. The lowest BCUT2D eigenvalue weighted by atomic mass is 10.0. The van der Waals surface area contributed by atoms with Gasteiger partial charge in [-0.15, -0.1) is 6.58 Å². The fraction of sp³-hybridized carbons (Fsp3) is 0.235. The minimum absolute atomic E-state index is 0.0651. The Morgan fingerprint density at radius 3 is 2.75 bits per heavy atom. The average Bonchev–Trinajstić information content (AvgIpc) is 2.50. The van der Waals surface area contributed by atoms with Gasteiger partial charge in [0, 0.05) is 13.0 Å². The number of carbonyl (C=O) groups is 1. The van der Waals surface area contributed by atoms with Crippen molar-refractivity contribution in [2.75, 3.05) is 6.54 Å². The fourth-order valence-corrected chi connectivity index (χ4v) is 2.06. The number of rotatable bonds is 6. The highest BCUT2D eigenvalue weighted by Crippen LogP contribution is 2.20. The van der Waals surface area contributed by atoms with E-state index in [1.807, 2.05) is 42.5 Å². The Kier molecular flexibility index (Phi) is 4.91. The summed E-state index contributed by atoms with van der Waals surface area (Å²) in [5, 5.41) is 15.1. The molecule has 2 aromatic rings. The van der Waals surface area contributed by atoms with E-state index < -0.39 is 6.10 Å². The molecule has 0 aliphatic rings. The molecule has 104 valence electrons. The number of hydrogen-bond acceptors (Lipinski definition) is 2. The van der Waals surface area contributed by atoms with E-state index in [-0.39, 0.29) is 12.5 Å². The number of benzene rings is 2. The van der Waals surface area contributed by atoms with Crippen molar-refractivity contribution in [3.8, 4) is 0 Å². The molecular weight excluding hydrogens is 250 g/mol. The summed E-state index contributed by atoms with van der Waals surface area (Å²) >= 11 is 0. The number of aliphatic hydroxyl groups excluding tert-OH is 1. The van der Waals surface area contributed by atoms with Crippen LogP contribution in [0.2, 0.25) is 0 Å². The summed E-state index contributed by atoms with van der Waals surface area (Å²) in [4.78, 5) is 11.5. The molecule has 3 nitrogen and oxygen atoms in total. The smallest absolute Gasteiger partial charge is 0.220 e. The third-order valence-corrected chi connectivity index (χ3v) is 3.23. The first-order valence-corrected chi connectivity index (χ1v) is 6.75. The largest absolute Gasteiger partial charge is 0.387 e. The molecule has 1 unspecified atom stereocenters. The number of carbonyl (C=O) groups excluding carboxylic acids is 1. The van der Waals surface area contributed by atoms with Crippen LogP contribution >= 0.6 is 0 Å². The quantitative estimate of drug-likeness (QED) is 0.792. The molecule has 0 fully saturated rings. The molecule has 2 aromatic carbocycles. The first-order chi connectivity index (χ1) is 9.70. The van der Waals surface area contributed by atoms with E-state index in [9.17, 15) is 9.90 Å². The maximum absolute atomic E-state index is 11.5. The van der Waals surface area contributed by atoms with Crippen molar-refractivity contribution in [2.24, 2.45) is 0 Å². The van der Waals surface area contributed by atoms with Gasteiger partial charge in [-0.2, -0.15) is 0 Å². The Hall–Kier alpha value is -2.13. The number of aliphatic hydroxyl groups is 1. The Balaban J connectivity index is 1.98. The molecule has 0 radical (unpaired) electrons. The molecule has 0 heterocycles.